The highest BCUT2D eigenvalue weighted by Crippen LogP contribution is 2.09. The molecule has 4 nitrogen and oxygen atoms in total. The molecule has 0 aromatic carbocycles. The van der Waals surface area contributed by atoms with E-state index in [1.54, 1.807) is 12.1 Å². The van der Waals surface area contributed by atoms with Crippen LogP contribution in [0.3, 0.4) is 0 Å². The molecule has 0 saturated heterocycles. The minimum absolute atomic E-state index is 0.170. The van der Waals surface area contributed by atoms with Crippen LogP contribution in [0.5, 0.6) is 0 Å². The molecule has 1 rings (SSSR count). The molecule has 0 bridgehead atoms. The summed E-state index contributed by atoms with van der Waals surface area (Å²) in [5, 5.41) is 2.69. The topological polar surface area (TPSA) is 51.5 Å². The van der Waals surface area contributed by atoms with Crippen molar-refractivity contribution in [1.29, 1.82) is 0 Å². The van der Waals surface area contributed by atoms with Gasteiger partial charge in [0.2, 0.25) is 0 Å². The Morgan fingerprint density at radius 1 is 1.56 bits per heavy atom. The summed E-state index contributed by atoms with van der Waals surface area (Å²) < 4.78 is 10.5. The molecule has 1 aromatic rings. The summed E-state index contributed by atoms with van der Waals surface area (Å²) in [7, 11) is 0. The maximum Gasteiger partial charge on any atom is 0.287 e. The van der Waals surface area contributed by atoms with E-state index in [1.165, 1.54) is 0 Å². The molecule has 0 aliphatic heterocycles. The van der Waals surface area contributed by atoms with Crippen LogP contribution in [0.25, 0.3) is 0 Å². The Hall–Kier alpha value is -1.00. The first-order chi connectivity index (χ1) is 7.63. The molecule has 1 amide bonds. The Bertz CT molecular complexity index is 336. The normalized spacial score (nSPS) is 10.8. The maximum atomic E-state index is 11.5. The highest BCUT2D eigenvalue weighted by Gasteiger charge is 2.09. The molecule has 0 saturated carbocycles. The molecule has 5 heteroatoms. The number of hydrogen-bond acceptors (Lipinski definition) is 3. The van der Waals surface area contributed by atoms with Crippen LogP contribution < -0.4 is 5.32 Å². The zero-order valence-corrected chi connectivity index (χ0v) is 10.2. The van der Waals surface area contributed by atoms with Crippen molar-refractivity contribution < 1.29 is 13.9 Å². The standard InChI is InChI=1S/C11H16ClNO3/c1-8(2)15-6-5-13-11(14)10-4-3-9(7-12)16-10/h3-4,8H,5-7H2,1-2H3,(H,13,14). The van der Waals surface area contributed by atoms with Crippen LogP contribution in [-0.4, -0.2) is 25.2 Å². The predicted octanol–water partition coefficient (Wildman–Crippen LogP) is 2.17. The number of halogens is 1. The third-order valence-corrected chi connectivity index (χ3v) is 2.12. The highest BCUT2D eigenvalue weighted by atomic mass is 35.5. The van der Waals surface area contributed by atoms with Crippen molar-refractivity contribution in [2.45, 2.75) is 25.8 Å². The predicted molar refractivity (Wildman–Crippen MR) is 61.7 cm³/mol. The van der Waals surface area contributed by atoms with Gasteiger partial charge in [-0.15, -0.1) is 11.6 Å². The van der Waals surface area contributed by atoms with Gasteiger partial charge in [-0.2, -0.15) is 0 Å². The smallest absolute Gasteiger partial charge is 0.287 e. The minimum atomic E-state index is -0.247. The van der Waals surface area contributed by atoms with E-state index in [0.29, 0.717) is 18.9 Å². The molecule has 0 aliphatic rings. The fraction of sp³-hybridized carbons (Fsp3) is 0.545. The zero-order valence-electron chi connectivity index (χ0n) is 9.46. The summed E-state index contributed by atoms with van der Waals surface area (Å²) in [5.74, 6) is 0.887. The lowest BCUT2D eigenvalue weighted by Gasteiger charge is -2.07. The van der Waals surface area contributed by atoms with Gasteiger partial charge in [-0.25, -0.2) is 0 Å². The largest absolute Gasteiger partial charge is 0.455 e. The van der Waals surface area contributed by atoms with E-state index >= 15 is 0 Å². The Labute approximate surface area is 99.9 Å². The average Bonchev–Trinajstić information content (AvgIpc) is 2.72. The van der Waals surface area contributed by atoms with Crippen LogP contribution in [0.4, 0.5) is 0 Å². The summed E-state index contributed by atoms with van der Waals surface area (Å²) in [6.07, 6.45) is 0.170. The molecule has 0 fully saturated rings. The molecular weight excluding hydrogens is 230 g/mol. The van der Waals surface area contributed by atoms with Gasteiger partial charge in [-0.3, -0.25) is 4.79 Å². The van der Waals surface area contributed by atoms with Gasteiger partial charge >= 0.3 is 0 Å². The molecule has 0 radical (unpaired) electrons. The molecule has 16 heavy (non-hydrogen) atoms. The first-order valence-corrected chi connectivity index (χ1v) is 5.71. The molecule has 1 heterocycles. The number of nitrogens with one attached hydrogen (secondary N) is 1. The SMILES string of the molecule is CC(C)OCCNC(=O)c1ccc(CCl)o1. The molecular formula is C11H16ClNO3. The third-order valence-electron chi connectivity index (χ3n) is 1.86. The van der Waals surface area contributed by atoms with Crippen LogP contribution in [0.15, 0.2) is 16.5 Å². The molecule has 0 atom stereocenters. The van der Waals surface area contributed by atoms with Crippen molar-refractivity contribution in [3.8, 4) is 0 Å². The average molecular weight is 246 g/mol. The maximum absolute atomic E-state index is 11.5. The molecule has 1 N–H and O–H groups in total. The lowest BCUT2D eigenvalue weighted by atomic mass is 10.4. The summed E-state index contributed by atoms with van der Waals surface area (Å²) in [4.78, 5) is 11.5. The summed E-state index contributed by atoms with van der Waals surface area (Å²) in [6.45, 7) is 4.85. The van der Waals surface area contributed by atoms with Crippen LogP contribution in [-0.2, 0) is 10.6 Å². The van der Waals surface area contributed by atoms with Crippen molar-refractivity contribution in [2.24, 2.45) is 0 Å². The van der Waals surface area contributed by atoms with E-state index < -0.39 is 0 Å². The number of hydrogen-bond donors (Lipinski definition) is 1. The van der Waals surface area contributed by atoms with Gasteiger partial charge in [0.15, 0.2) is 5.76 Å². The summed E-state index contributed by atoms with van der Waals surface area (Å²) in [6, 6.07) is 3.29. The Morgan fingerprint density at radius 3 is 2.88 bits per heavy atom. The Balaban J connectivity index is 2.29. The molecule has 90 valence electrons. The number of carbonyl (C=O) groups excluding carboxylic acids is 1. The van der Waals surface area contributed by atoms with E-state index in [1.807, 2.05) is 13.8 Å². The van der Waals surface area contributed by atoms with Gasteiger partial charge in [-0.1, -0.05) is 0 Å². The van der Waals surface area contributed by atoms with Crippen molar-refractivity contribution in [3.05, 3.63) is 23.7 Å². The first-order valence-electron chi connectivity index (χ1n) is 5.18. The van der Waals surface area contributed by atoms with Gasteiger partial charge in [0, 0.05) is 6.54 Å². The highest BCUT2D eigenvalue weighted by molar-refractivity contribution is 6.16. The monoisotopic (exact) mass is 245 g/mol. The molecule has 0 spiro atoms. The third kappa shape index (κ3) is 4.24. The second kappa shape index (κ2) is 6.55. The number of furan rings is 1. The van der Waals surface area contributed by atoms with Gasteiger partial charge in [0.05, 0.1) is 18.6 Å². The second-order valence-corrected chi connectivity index (χ2v) is 3.84. The molecule has 0 unspecified atom stereocenters. The van der Waals surface area contributed by atoms with Crippen LogP contribution in [0.1, 0.15) is 30.2 Å². The van der Waals surface area contributed by atoms with Gasteiger partial charge in [-0.05, 0) is 26.0 Å². The van der Waals surface area contributed by atoms with E-state index in [9.17, 15) is 4.79 Å². The fourth-order valence-corrected chi connectivity index (χ4v) is 1.26. The van der Waals surface area contributed by atoms with E-state index in [2.05, 4.69) is 5.32 Å². The number of alkyl halides is 1. The molecule has 0 aliphatic carbocycles. The van der Waals surface area contributed by atoms with Crippen LogP contribution >= 0.6 is 11.6 Å². The van der Waals surface area contributed by atoms with E-state index in [4.69, 9.17) is 20.8 Å². The minimum Gasteiger partial charge on any atom is -0.455 e. The number of amides is 1. The Morgan fingerprint density at radius 2 is 2.31 bits per heavy atom. The van der Waals surface area contributed by atoms with Gasteiger partial charge in [0.1, 0.15) is 5.76 Å². The first kappa shape index (κ1) is 13.1. The van der Waals surface area contributed by atoms with Crippen molar-refractivity contribution >= 4 is 17.5 Å². The molecule has 1 aromatic heterocycles. The van der Waals surface area contributed by atoms with Crippen molar-refractivity contribution in [2.75, 3.05) is 13.2 Å². The lowest BCUT2D eigenvalue weighted by Crippen LogP contribution is -2.27. The lowest BCUT2D eigenvalue weighted by molar-refractivity contribution is 0.0736. The number of carbonyl (C=O) groups is 1. The number of rotatable bonds is 6. The van der Waals surface area contributed by atoms with E-state index in [-0.39, 0.29) is 23.7 Å². The van der Waals surface area contributed by atoms with Crippen LogP contribution in [0.2, 0.25) is 0 Å². The second-order valence-electron chi connectivity index (χ2n) is 3.58. The van der Waals surface area contributed by atoms with Gasteiger partial charge < -0.3 is 14.5 Å². The van der Waals surface area contributed by atoms with Crippen molar-refractivity contribution in [3.63, 3.8) is 0 Å². The van der Waals surface area contributed by atoms with Crippen molar-refractivity contribution in [1.82, 2.24) is 5.32 Å². The van der Waals surface area contributed by atoms with Crippen LogP contribution in [0, 0.1) is 0 Å². The zero-order chi connectivity index (χ0) is 12.0. The fourth-order valence-electron chi connectivity index (χ4n) is 1.12. The van der Waals surface area contributed by atoms with E-state index in [0.717, 1.165) is 0 Å². The number of ether oxygens (including phenoxy) is 1. The Kier molecular flexibility index (Phi) is 5.35. The quantitative estimate of drug-likeness (QED) is 0.617. The van der Waals surface area contributed by atoms with Gasteiger partial charge in [0.25, 0.3) is 5.91 Å². The summed E-state index contributed by atoms with van der Waals surface area (Å²) >= 11 is 5.56. The summed E-state index contributed by atoms with van der Waals surface area (Å²) in [5.41, 5.74) is 0.